The van der Waals surface area contributed by atoms with E-state index >= 15 is 0 Å². The molecule has 0 spiro atoms. The molecule has 2 nitrogen and oxygen atoms in total. The van der Waals surface area contributed by atoms with Crippen molar-refractivity contribution in [2.45, 2.75) is 31.3 Å². The number of halogens is 1. The largest absolute Gasteiger partial charge is 0.487 e. The van der Waals surface area contributed by atoms with E-state index in [1.165, 1.54) is 25.7 Å². The number of benzene rings is 1. The Hall–Kier alpha value is -0.730. The van der Waals surface area contributed by atoms with Crippen LogP contribution in [0.1, 0.15) is 25.7 Å². The maximum absolute atomic E-state index is 6.14. The van der Waals surface area contributed by atoms with Gasteiger partial charge in [-0.2, -0.15) is 0 Å². The summed E-state index contributed by atoms with van der Waals surface area (Å²) in [5.74, 6) is 1.71. The van der Waals surface area contributed by atoms with Crippen molar-refractivity contribution >= 4 is 11.6 Å². The fraction of sp³-hybridized carbons (Fsp3) is 0.571. The van der Waals surface area contributed by atoms with Gasteiger partial charge in [-0.3, -0.25) is 0 Å². The first-order valence-corrected chi connectivity index (χ1v) is 6.79. The smallest absolute Gasteiger partial charge is 0.121 e. The van der Waals surface area contributed by atoms with Gasteiger partial charge in [0.05, 0.1) is 0 Å². The molecule has 1 aliphatic carbocycles. The Labute approximate surface area is 107 Å². The van der Waals surface area contributed by atoms with Gasteiger partial charge in [-0.05, 0) is 62.9 Å². The maximum Gasteiger partial charge on any atom is 0.121 e. The van der Waals surface area contributed by atoms with Crippen LogP contribution in [0, 0.1) is 5.92 Å². The van der Waals surface area contributed by atoms with Crippen molar-refractivity contribution < 1.29 is 4.74 Å². The van der Waals surface area contributed by atoms with Crippen molar-refractivity contribution in [1.29, 1.82) is 0 Å². The highest BCUT2D eigenvalue weighted by Gasteiger charge is 2.47. The lowest BCUT2D eigenvalue weighted by molar-refractivity contribution is 0.148. The van der Waals surface area contributed by atoms with Crippen LogP contribution in [-0.2, 0) is 0 Å². The topological polar surface area (TPSA) is 21.3 Å². The minimum absolute atomic E-state index is 0.112. The molecule has 0 bridgehead atoms. The summed E-state index contributed by atoms with van der Waals surface area (Å²) in [5, 5.41) is 4.17. The fourth-order valence-electron chi connectivity index (χ4n) is 2.68. The number of ether oxygens (including phenoxy) is 1. The standard InChI is InChI=1S/C14H18ClNO/c15-12-2-1-3-13(8-12)17-14(5-6-14)9-11-4-7-16-10-11/h1-3,8,11,16H,4-7,9-10H2. The Morgan fingerprint density at radius 2 is 2.29 bits per heavy atom. The van der Waals surface area contributed by atoms with E-state index in [4.69, 9.17) is 16.3 Å². The molecule has 17 heavy (non-hydrogen) atoms. The summed E-state index contributed by atoms with van der Waals surface area (Å²) < 4.78 is 6.14. The SMILES string of the molecule is Clc1cccc(OC2(CC3CCNC3)CC2)c1. The summed E-state index contributed by atoms with van der Waals surface area (Å²) in [6.45, 7) is 2.32. The zero-order valence-corrected chi connectivity index (χ0v) is 10.7. The summed E-state index contributed by atoms with van der Waals surface area (Å²) >= 11 is 5.97. The summed E-state index contributed by atoms with van der Waals surface area (Å²) in [6, 6.07) is 7.74. The Bertz CT molecular complexity index is 397. The molecule has 92 valence electrons. The van der Waals surface area contributed by atoms with E-state index in [0.717, 1.165) is 29.8 Å². The van der Waals surface area contributed by atoms with Gasteiger partial charge in [0.15, 0.2) is 0 Å². The van der Waals surface area contributed by atoms with E-state index in [0.29, 0.717) is 0 Å². The average molecular weight is 252 g/mol. The van der Waals surface area contributed by atoms with Crippen LogP contribution in [-0.4, -0.2) is 18.7 Å². The third-order valence-electron chi connectivity index (χ3n) is 3.76. The van der Waals surface area contributed by atoms with Gasteiger partial charge in [-0.15, -0.1) is 0 Å². The van der Waals surface area contributed by atoms with Crippen molar-refractivity contribution in [3.05, 3.63) is 29.3 Å². The quantitative estimate of drug-likeness (QED) is 0.887. The lowest BCUT2D eigenvalue weighted by Gasteiger charge is -2.21. The molecule has 3 heteroatoms. The highest BCUT2D eigenvalue weighted by atomic mass is 35.5. The zero-order chi connectivity index (χ0) is 11.7. The molecule has 2 aliphatic rings. The molecule has 1 aromatic carbocycles. The second-order valence-corrected chi connectivity index (χ2v) is 5.74. The van der Waals surface area contributed by atoms with Gasteiger partial charge in [0, 0.05) is 5.02 Å². The molecule has 1 N–H and O–H groups in total. The maximum atomic E-state index is 6.14. The third kappa shape index (κ3) is 2.75. The second kappa shape index (κ2) is 4.51. The zero-order valence-electron chi connectivity index (χ0n) is 9.92. The molecule has 1 aromatic rings. The lowest BCUT2D eigenvalue weighted by Crippen LogP contribution is -2.23. The first-order valence-electron chi connectivity index (χ1n) is 6.41. The minimum atomic E-state index is 0.112. The number of hydrogen-bond acceptors (Lipinski definition) is 2. The molecular weight excluding hydrogens is 234 g/mol. The van der Waals surface area contributed by atoms with Crippen LogP contribution in [0.5, 0.6) is 5.75 Å². The van der Waals surface area contributed by atoms with E-state index in [1.807, 2.05) is 24.3 Å². The summed E-state index contributed by atoms with van der Waals surface area (Å²) in [4.78, 5) is 0. The molecular formula is C14H18ClNO. The van der Waals surface area contributed by atoms with Crippen LogP contribution < -0.4 is 10.1 Å². The summed E-state index contributed by atoms with van der Waals surface area (Å²) in [7, 11) is 0. The van der Waals surface area contributed by atoms with Gasteiger partial charge in [0.25, 0.3) is 0 Å². The number of hydrogen-bond donors (Lipinski definition) is 1. The van der Waals surface area contributed by atoms with Crippen molar-refractivity contribution in [2.24, 2.45) is 5.92 Å². The monoisotopic (exact) mass is 251 g/mol. The van der Waals surface area contributed by atoms with Crippen LogP contribution in [0.4, 0.5) is 0 Å². The van der Waals surface area contributed by atoms with E-state index in [9.17, 15) is 0 Å². The van der Waals surface area contributed by atoms with Crippen molar-refractivity contribution in [2.75, 3.05) is 13.1 Å². The van der Waals surface area contributed by atoms with Gasteiger partial charge in [0.1, 0.15) is 11.4 Å². The Balaban J connectivity index is 1.63. The molecule has 1 saturated heterocycles. The Kier molecular flexibility index (Phi) is 3.01. The molecule has 1 unspecified atom stereocenters. The normalized spacial score (nSPS) is 25.8. The van der Waals surface area contributed by atoms with Gasteiger partial charge in [0.2, 0.25) is 0 Å². The molecule has 0 radical (unpaired) electrons. The summed E-state index contributed by atoms with van der Waals surface area (Å²) in [5.41, 5.74) is 0.112. The van der Waals surface area contributed by atoms with Crippen molar-refractivity contribution in [3.63, 3.8) is 0 Å². The highest BCUT2D eigenvalue weighted by Crippen LogP contribution is 2.46. The predicted octanol–water partition coefficient (Wildman–Crippen LogP) is 3.25. The molecule has 1 heterocycles. The average Bonchev–Trinajstić information content (AvgIpc) is 2.85. The van der Waals surface area contributed by atoms with Gasteiger partial charge in [-0.25, -0.2) is 0 Å². The first kappa shape index (κ1) is 11.4. The van der Waals surface area contributed by atoms with Crippen molar-refractivity contribution in [3.8, 4) is 5.75 Å². The predicted molar refractivity (Wildman–Crippen MR) is 69.6 cm³/mol. The van der Waals surface area contributed by atoms with E-state index in [1.54, 1.807) is 0 Å². The van der Waals surface area contributed by atoms with Crippen LogP contribution in [0.2, 0.25) is 5.02 Å². The number of nitrogens with one attached hydrogen (secondary N) is 1. The van der Waals surface area contributed by atoms with Crippen LogP contribution in [0.3, 0.4) is 0 Å². The molecule has 1 atom stereocenters. The lowest BCUT2D eigenvalue weighted by atomic mass is 9.99. The fourth-order valence-corrected chi connectivity index (χ4v) is 2.86. The minimum Gasteiger partial charge on any atom is -0.487 e. The third-order valence-corrected chi connectivity index (χ3v) is 4.00. The first-order chi connectivity index (χ1) is 8.26. The van der Waals surface area contributed by atoms with Crippen LogP contribution in [0.15, 0.2) is 24.3 Å². The van der Waals surface area contributed by atoms with Crippen LogP contribution >= 0.6 is 11.6 Å². The Morgan fingerprint density at radius 1 is 1.41 bits per heavy atom. The number of rotatable bonds is 4. The van der Waals surface area contributed by atoms with Gasteiger partial charge in [-0.1, -0.05) is 17.7 Å². The van der Waals surface area contributed by atoms with Gasteiger partial charge >= 0.3 is 0 Å². The molecule has 2 fully saturated rings. The van der Waals surface area contributed by atoms with Gasteiger partial charge < -0.3 is 10.1 Å². The van der Waals surface area contributed by atoms with Crippen LogP contribution in [0.25, 0.3) is 0 Å². The molecule has 0 aromatic heterocycles. The highest BCUT2D eigenvalue weighted by molar-refractivity contribution is 6.30. The molecule has 0 amide bonds. The van der Waals surface area contributed by atoms with E-state index in [-0.39, 0.29) is 5.60 Å². The molecule has 1 aliphatic heterocycles. The van der Waals surface area contributed by atoms with E-state index < -0.39 is 0 Å². The Morgan fingerprint density at radius 3 is 2.94 bits per heavy atom. The second-order valence-electron chi connectivity index (χ2n) is 5.31. The van der Waals surface area contributed by atoms with Crippen molar-refractivity contribution in [1.82, 2.24) is 5.32 Å². The molecule has 3 rings (SSSR count). The van der Waals surface area contributed by atoms with E-state index in [2.05, 4.69) is 5.32 Å². The summed E-state index contributed by atoms with van der Waals surface area (Å²) in [6.07, 6.45) is 4.86. The molecule has 1 saturated carbocycles.